The van der Waals surface area contributed by atoms with Crippen LogP contribution >= 0.6 is 0 Å². The predicted molar refractivity (Wildman–Crippen MR) is 189 cm³/mol. The van der Waals surface area contributed by atoms with Crippen LogP contribution in [0.3, 0.4) is 0 Å². The highest BCUT2D eigenvalue weighted by molar-refractivity contribution is 6.82. The van der Waals surface area contributed by atoms with Crippen LogP contribution in [-0.4, -0.2) is 69.4 Å². The summed E-state index contributed by atoms with van der Waals surface area (Å²) in [5.74, 6) is 2.96. The Morgan fingerprint density at radius 1 is 0.591 bits per heavy atom. The minimum absolute atomic E-state index is 0.207. The molecule has 0 bridgehead atoms. The largest absolute Gasteiger partial charge is 0.436 e. The maximum absolute atomic E-state index is 6.97. The SMILES string of the molecule is CC(C[Si](C)(C)O[Si](C)(C)OC1CCC(O[Si](C)(C)O[Si](C)(C)CC(C)C2CCC3(C)OC3C2)CC1)C1CCC2(C)OC2C1. The van der Waals surface area contributed by atoms with E-state index in [0.717, 1.165) is 37.5 Å². The van der Waals surface area contributed by atoms with Crippen LogP contribution in [0.5, 0.6) is 0 Å². The molecule has 0 aromatic carbocycles. The average molecular weight is 685 g/mol. The molecule has 0 aromatic rings. The van der Waals surface area contributed by atoms with Gasteiger partial charge in [-0.15, -0.1) is 0 Å². The maximum atomic E-state index is 6.97. The van der Waals surface area contributed by atoms with E-state index in [0.29, 0.717) is 36.3 Å². The second-order valence-corrected chi connectivity index (χ2v) is 34.0. The van der Waals surface area contributed by atoms with Crippen molar-refractivity contribution in [3.8, 4) is 0 Å². The zero-order valence-corrected chi connectivity index (χ0v) is 34.6. The van der Waals surface area contributed by atoms with Crippen molar-refractivity contribution in [2.75, 3.05) is 0 Å². The second kappa shape index (κ2) is 12.8. The zero-order chi connectivity index (χ0) is 32.3. The molecule has 2 aliphatic heterocycles. The number of hydrogen-bond acceptors (Lipinski definition) is 6. The molecule has 44 heavy (non-hydrogen) atoms. The van der Waals surface area contributed by atoms with E-state index in [1.807, 2.05) is 0 Å². The summed E-state index contributed by atoms with van der Waals surface area (Å²) in [5.41, 5.74) is 0.413. The molecule has 6 nitrogen and oxygen atoms in total. The van der Waals surface area contributed by atoms with Gasteiger partial charge in [-0.1, -0.05) is 13.8 Å². The molecular weight excluding hydrogens is 617 g/mol. The van der Waals surface area contributed by atoms with E-state index < -0.39 is 33.8 Å². The van der Waals surface area contributed by atoms with Crippen molar-refractivity contribution in [3.05, 3.63) is 0 Å². The van der Waals surface area contributed by atoms with Gasteiger partial charge in [-0.05, 0) is 166 Å². The van der Waals surface area contributed by atoms with Crippen LogP contribution in [0.15, 0.2) is 0 Å². The van der Waals surface area contributed by atoms with Gasteiger partial charge in [0.2, 0.25) is 0 Å². The Labute approximate surface area is 275 Å². The molecule has 256 valence electrons. The van der Waals surface area contributed by atoms with Crippen LogP contribution in [0.1, 0.15) is 91.9 Å². The third-order valence-electron chi connectivity index (χ3n) is 11.9. The molecule has 5 rings (SSSR count). The lowest BCUT2D eigenvalue weighted by Gasteiger charge is -2.41. The fourth-order valence-electron chi connectivity index (χ4n) is 9.80. The van der Waals surface area contributed by atoms with Crippen LogP contribution < -0.4 is 0 Å². The van der Waals surface area contributed by atoms with Gasteiger partial charge in [-0.2, -0.15) is 0 Å². The minimum atomic E-state index is -2.22. The monoisotopic (exact) mass is 684 g/mol. The summed E-state index contributed by atoms with van der Waals surface area (Å²) in [6.45, 7) is 28.3. The van der Waals surface area contributed by atoms with Crippen LogP contribution in [-0.2, 0) is 26.6 Å². The van der Waals surface area contributed by atoms with Gasteiger partial charge in [-0.3, -0.25) is 0 Å². The summed E-state index contributed by atoms with van der Waals surface area (Å²) in [6.07, 6.45) is 13.4. The van der Waals surface area contributed by atoms with Gasteiger partial charge in [0.15, 0.2) is 16.6 Å². The minimum Gasteiger partial charge on any atom is -0.436 e. The summed E-state index contributed by atoms with van der Waals surface area (Å²) < 4.78 is 39.5. The van der Waals surface area contributed by atoms with Crippen molar-refractivity contribution in [3.63, 3.8) is 0 Å². The lowest BCUT2D eigenvalue weighted by molar-refractivity contribution is 0.0505. The molecule has 3 saturated carbocycles. The van der Waals surface area contributed by atoms with Crippen molar-refractivity contribution in [2.24, 2.45) is 23.7 Å². The first-order chi connectivity index (χ1) is 20.2. The summed E-state index contributed by atoms with van der Waals surface area (Å²) in [5, 5.41) is 0. The Kier molecular flexibility index (Phi) is 10.5. The second-order valence-electron chi connectivity index (χ2n) is 18.4. The molecule has 0 aromatic heterocycles. The van der Waals surface area contributed by atoms with Crippen molar-refractivity contribution >= 4 is 33.8 Å². The topological polar surface area (TPSA) is 62.0 Å². The summed E-state index contributed by atoms with van der Waals surface area (Å²) in [6, 6.07) is 2.43. The third-order valence-corrected chi connectivity index (χ3v) is 25.3. The Morgan fingerprint density at radius 3 is 1.25 bits per heavy atom. The van der Waals surface area contributed by atoms with Crippen LogP contribution in [0.25, 0.3) is 0 Å². The van der Waals surface area contributed by atoms with Crippen molar-refractivity contribution in [1.29, 1.82) is 0 Å². The average Bonchev–Trinajstić information content (AvgIpc) is 3.74. The van der Waals surface area contributed by atoms with Crippen LogP contribution in [0, 0.1) is 23.7 Å². The molecule has 3 aliphatic carbocycles. The van der Waals surface area contributed by atoms with Gasteiger partial charge in [0.1, 0.15) is 0 Å². The zero-order valence-electron chi connectivity index (χ0n) is 30.6. The number of rotatable bonds is 14. The van der Waals surface area contributed by atoms with Crippen molar-refractivity contribution < 1.29 is 26.6 Å². The lowest BCUT2D eigenvalue weighted by atomic mass is 9.77. The summed E-state index contributed by atoms with van der Waals surface area (Å²) in [4.78, 5) is 0. The standard InChI is InChI=1S/C34H68O6Si4/c1-25(27-17-19-33(3)31(21-27)35-33)23-41(5,6)39-43(9,10)37-29-13-15-30(16-14-29)38-44(11,12)40-42(7,8)24-26(2)28-18-20-34(4)32(22-28)36-34/h25-32H,13-24H2,1-12H3. The fraction of sp³-hybridized carbons (Fsp3) is 1.00. The lowest BCUT2D eigenvalue weighted by Crippen LogP contribution is -2.51. The normalized spacial score (nSPS) is 39.3. The van der Waals surface area contributed by atoms with E-state index in [2.05, 4.69) is 80.1 Å². The van der Waals surface area contributed by atoms with Gasteiger partial charge < -0.3 is 26.6 Å². The Bertz CT molecular complexity index is 922. The number of fused-ring (bicyclic) bond motifs is 2. The predicted octanol–water partition coefficient (Wildman–Crippen LogP) is 9.37. The van der Waals surface area contributed by atoms with Crippen molar-refractivity contribution in [2.45, 2.75) is 192 Å². The number of ether oxygens (including phenoxy) is 2. The van der Waals surface area contributed by atoms with Gasteiger partial charge in [0, 0.05) is 12.2 Å². The van der Waals surface area contributed by atoms with E-state index >= 15 is 0 Å². The molecule has 5 aliphatic rings. The van der Waals surface area contributed by atoms with Crippen molar-refractivity contribution in [1.82, 2.24) is 0 Å². The first kappa shape index (κ1) is 35.9. The van der Waals surface area contributed by atoms with Crippen LogP contribution in [0.2, 0.25) is 64.5 Å². The molecule has 8 atom stereocenters. The Balaban J connectivity index is 1.01. The van der Waals surface area contributed by atoms with E-state index in [-0.39, 0.29) is 11.2 Å². The molecule has 2 saturated heterocycles. The third kappa shape index (κ3) is 9.40. The van der Waals surface area contributed by atoms with Crippen LogP contribution in [0.4, 0.5) is 0 Å². The maximum Gasteiger partial charge on any atom is 0.321 e. The van der Waals surface area contributed by atoms with Gasteiger partial charge >= 0.3 is 17.1 Å². The van der Waals surface area contributed by atoms with E-state index in [1.165, 1.54) is 50.6 Å². The number of hydrogen-bond donors (Lipinski definition) is 0. The van der Waals surface area contributed by atoms with Gasteiger partial charge in [-0.25, -0.2) is 0 Å². The first-order valence-corrected chi connectivity index (χ1v) is 30.2. The van der Waals surface area contributed by atoms with Gasteiger partial charge in [0.05, 0.1) is 23.4 Å². The molecular formula is C34H68O6Si4. The Morgan fingerprint density at radius 2 is 0.932 bits per heavy atom. The Hall–Kier alpha value is 0.628. The molecule has 10 heteroatoms. The highest BCUT2D eigenvalue weighted by atomic mass is 28.4. The smallest absolute Gasteiger partial charge is 0.321 e. The van der Waals surface area contributed by atoms with E-state index in [4.69, 9.17) is 26.6 Å². The quantitative estimate of drug-likeness (QED) is 0.134. The molecule has 0 radical (unpaired) electrons. The molecule has 0 N–H and O–H groups in total. The van der Waals surface area contributed by atoms with Gasteiger partial charge in [0.25, 0.3) is 0 Å². The summed E-state index contributed by atoms with van der Waals surface area (Å²) in [7, 11) is -8.11. The molecule has 8 unspecified atom stereocenters. The molecule has 0 amide bonds. The molecule has 5 fully saturated rings. The van der Waals surface area contributed by atoms with E-state index in [1.54, 1.807) is 0 Å². The molecule has 0 spiro atoms. The number of epoxide rings is 2. The van der Waals surface area contributed by atoms with E-state index in [9.17, 15) is 0 Å². The highest BCUT2D eigenvalue weighted by Gasteiger charge is 2.57. The first-order valence-electron chi connectivity index (χ1n) is 18.3. The highest BCUT2D eigenvalue weighted by Crippen LogP contribution is 2.52. The summed E-state index contributed by atoms with van der Waals surface area (Å²) >= 11 is 0. The fourth-order valence-corrected chi connectivity index (χ4v) is 27.3. The molecule has 2 heterocycles.